The van der Waals surface area contributed by atoms with Crippen LogP contribution in [0.5, 0.6) is 0 Å². The number of carbonyl (C=O) groups is 1. The van der Waals surface area contributed by atoms with Crippen LogP contribution in [-0.2, 0) is 16.1 Å². The number of likely N-dealkylation sites (tertiary alicyclic amines) is 1. The summed E-state index contributed by atoms with van der Waals surface area (Å²) in [6, 6.07) is 15.4. The van der Waals surface area contributed by atoms with Crippen molar-refractivity contribution in [2.45, 2.75) is 44.2 Å². The third-order valence-electron chi connectivity index (χ3n) is 9.04. The van der Waals surface area contributed by atoms with Crippen LogP contribution >= 0.6 is 0 Å². The molecule has 194 valence electrons. The van der Waals surface area contributed by atoms with Gasteiger partial charge in [-0.25, -0.2) is 0 Å². The van der Waals surface area contributed by atoms with Gasteiger partial charge in [-0.1, -0.05) is 55.0 Å². The molecule has 3 heterocycles. The van der Waals surface area contributed by atoms with E-state index in [2.05, 4.69) is 87.2 Å². The van der Waals surface area contributed by atoms with Crippen LogP contribution in [0.15, 0.2) is 66.5 Å². The first kappa shape index (κ1) is 23.5. The Morgan fingerprint density at radius 3 is 2.76 bits per heavy atom. The van der Waals surface area contributed by atoms with Gasteiger partial charge in [0.25, 0.3) is 0 Å². The van der Waals surface area contributed by atoms with Gasteiger partial charge in [0.15, 0.2) is 0 Å². The lowest BCUT2D eigenvalue weighted by Crippen LogP contribution is -2.28. The van der Waals surface area contributed by atoms with Crippen LogP contribution in [0.25, 0.3) is 23.1 Å². The first-order valence-corrected chi connectivity index (χ1v) is 13.9. The molecular weight excluding hydrogens is 472 g/mol. The van der Waals surface area contributed by atoms with Gasteiger partial charge in [0.05, 0.1) is 29.8 Å². The van der Waals surface area contributed by atoms with Crippen LogP contribution in [0.2, 0.25) is 0 Å². The predicted octanol–water partition coefficient (Wildman–Crippen LogP) is 5.41. The molecule has 6 nitrogen and oxygen atoms in total. The maximum absolute atomic E-state index is 13.1. The van der Waals surface area contributed by atoms with Gasteiger partial charge in [-0.05, 0) is 73.3 Å². The summed E-state index contributed by atoms with van der Waals surface area (Å²) in [5.74, 6) is 1.33. The van der Waals surface area contributed by atoms with E-state index in [1.54, 1.807) is 7.11 Å². The van der Waals surface area contributed by atoms with E-state index in [1.807, 2.05) is 6.08 Å². The first-order valence-electron chi connectivity index (χ1n) is 13.9. The summed E-state index contributed by atoms with van der Waals surface area (Å²) in [4.78, 5) is 15.6. The van der Waals surface area contributed by atoms with Crippen molar-refractivity contribution in [2.24, 2.45) is 11.3 Å². The molecular formula is C32H34N4O2. The molecule has 0 radical (unpaired) electrons. The summed E-state index contributed by atoms with van der Waals surface area (Å²) < 4.78 is 5.46. The van der Waals surface area contributed by atoms with E-state index in [4.69, 9.17) is 4.74 Å². The van der Waals surface area contributed by atoms with Crippen LogP contribution in [0.4, 0.5) is 0 Å². The minimum atomic E-state index is -0.379. The van der Waals surface area contributed by atoms with Gasteiger partial charge >= 0.3 is 0 Å². The molecule has 1 spiro atoms. The van der Waals surface area contributed by atoms with E-state index < -0.39 is 0 Å². The molecule has 0 bridgehead atoms. The van der Waals surface area contributed by atoms with Crippen molar-refractivity contribution < 1.29 is 9.53 Å². The second-order valence-corrected chi connectivity index (χ2v) is 11.3. The lowest BCUT2D eigenvalue weighted by molar-refractivity contribution is -0.124. The molecule has 2 aliphatic heterocycles. The quantitative estimate of drug-likeness (QED) is 0.469. The minimum absolute atomic E-state index is 0.0536. The summed E-state index contributed by atoms with van der Waals surface area (Å²) >= 11 is 0. The van der Waals surface area contributed by atoms with Crippen molar-refractivity contribution in [1.29, 1.82) is 0 Å². The third-order valence-corrected chi connectivity index (χ3v) is 9.04. The Balaban J connectivity index is 1.06. The molecule has 6 heteroatoms. The van der Waals surface area contributed by atoms with Crippen molar-refractivity contribution in [3.63, 3.8) is 0 Å². The van der Waals surface area contributed by atoms with Crippen LogP contribution in [0.1, 0.15) is 54.0 Å². The number of allylic oxidation sites excluding steroid dienone is 1. The number of methoxy groups -OCH3 is 1. The number of piperidine rings is 1. The van der Waals surface area contributed by atoms with E-state index >= 15 is 0 Å². The maximum Gasteiger partial charge on any atom is 0.228 e. The molecule has 1 aromatic heterocycles. The average Bonchev–Trinajstić information content (AvgIpc) is 3.50. The lowest BCUT2D eigenvalue weighted by Gasteiger charge is -2.26. The normalized spacial score (nSPS) is 28.6. The summed E-state index contributed by atoms with van der Waals surface area (Å²) in [6.07, 6.45) is 15.2. The number of amides is 1. The van der Waals surface area contributed by atoms with Crippen molar-refractivity contribution in [2.75, 3.05) is 20.2 Å². The number of carbonyl (C=O) groups excluding carboxylic acids is 1. The Kier molecular flexibility index (Phi) is 5.73. The Morgan fingerprint density at radius 2 is 1.95 bits per heavy atom. The number of aromatic amines is 1. The lowest BCUT2D eigenvalue weighted by atomic mass is 9.81. The largest absolute Gasteiger partial charge is 0.497 e. The van der Waals surface area contributed by atoms with Crippen molar-refractivity contribution in [3.05, 3.63) is 88.8 Å². The van der Waals surface area contributed by atoms with Gasteiger partial charge in [-0.3, -0.25) is 14.8 Å². The molecule has 3 fully saturated rings. The number of hydrogen-bond donors (Lipinski definition) is 2. The van der Waals surface area contributed by atoms with E-state index in [-0.39, 0.29) is 29.2 Å². The number of ether oxygens (including phenoxy) is 1. The minimum Gasteiger partial charge on any atom is -0.497 e. The Bertz CT molecular complexity index is 1460. The van der Waals surface area contributed by atoms with E-state index in [1.165, 1.54) is 49.0 Å². The summed E-state index contributed by atoms with van der Waals surface area (Å²) in [7, 11) is 1.68. The molecule has 4 aliphatic rings. The number of H-pyrrole nitrogens is 1. The monoisotopic (exact) mass is 506 g/mol. The molecule has 1 amide bonds. The number of hydrogen-bond acceptors (Lipinski definition) is 4. The molecule has 1 saturated carbocycles. The highest BCUT2D eigenvalue weighted by atomic mass is 16.5. The highest BCUT2D eigenvalue weighted by Gasteiger charge is 2.69. The third kappa shape index (κ3) is 3.99. The van der Waals surface area contributed by atoms with Gasteiger partial charge < -0.3 is 10.1 Å². The average molecular weight is 507 g/mol. The smallest absolute Gasteiger partial charge is 0.228 e. The number of fused-ring (bicyclic) bond motifs is 3. The van der Waals surface area contributed by atoms with Crippen LogP contribution in [-0.4, -0.2) is 47.2 Å². The number of benzene rings is 2. The van der Waals surface area contributed by atoms with Crippen LogP contribution in [0, 0.1) is 11.3 Å². The molecule has 2 aliphatic carbocycles. The zero-order valence-electron chi connectivity index (χ0n) is 21.8. The van der Waals surface area contributed by atoms with Gasteiger partial charge in [-0.2, -0.15) is 5.10 Å². The van der Waals surface area contributed by atoms with E-state index in [0.717, 1.165) is 35.3 Å². The number of nitrogens with zero attached hydrogens (tertiary/aromatic N) is 2. The molecule has 7 rings (SSSR count). The summed E-state index contributed by atoms with van der Waals surface area (Å²) in [5, 5.41) is 12.1. The Hall–Kier alpha value is -3.64. The fourth-order valence-electron chi connectivity index (χ4n) is 6.84. The Morgan fingerprint density at radius 1 is 1.11 bits per heavy atom. The molecule has 3 aromatic rings. The zero-order chi connectivity index (χ0) is 25.7. The molecule has 2 N–H and O–H groups in total. The topological polar surface area (TPSA) is 70.2 Å². The fraction of sp³-hybridized carbons (Fsp3) is 0.375. The summed E-state index contributed by atoms with van der Waals surface area (Å²) in [5.41, 5.74) is 5.30. The molecule has 38 heavy (non-hydrogen) atoms. The first-order chi connectivity index (χ1) is 18.6. The SMILES string of the molecule is COC1=CC2C(C=C1)NC(=O)[C@@]21C[C@H]1c1ccc2c(/C=C/c3ccc(CN4CCCCC4)cc3)n[nH]c2c1. The fourth-order valence-corrected chi connectivity index (χ4v) is 6.84. The highest BCUT2D eigenvalue weighted by Crippen LogP contribution is 2.67. The number of aromatic nitrogens is 2. The van der Waals surface area contributed by atoms with Crippen molar-refractivity contribution >= 4 is 29.0 Å². The molecule has 2 saturated heterocycles. The zero-order valence-corrected chi connectivity index (χ0v) is 21.8. The Labute approximate surface area is 223 Å². The van der Waals surface area contributed by atoms with Gasteiger partial charge in [0.1, 0.15) is 5.76 Å². The van der Waals surface area contributed by atoms with Crippen molar-refractivity contribution in [1.82, 2.24) is 20.4 Å². The molecule has 4 atom stereocenters. The van der Waals surface area contributed by atoms with Gasteiger partial charge in [0, 0.05) is 23.8 Å². The summed E-state index contributed by atoms with van der Waals surface area (Å²) in [6.45, 7) is 3.48. The second-order valence-electron chi connectivity index (χ2n) is 11.3. The van der Waals surface area contributed by atoms with Gasteiger partial charge in [-0.15, -0.1) is 0 Å². The van der Waals surface area contributed by atoms with Crippen LogP contribution in [0.3, 0.4) is 0 Å². The van der Waals surface area contributed by atoms with Crippen molar-refractivity contribution in [3.8, 4) is 0 Å². The second kappa shape index (κ2) is 9.28. The number of nitrogens with one attached hydrogen (secondary N) is 2. The van der Waals surface area contributed by atoms with Crippen LogP contribution < -0.4 is 5.32 Å². The highest BCUT2D eigenvalue weighted by molar-refractivity contribution is 5.93. The molecule has 2 unspecified atom stereocenters. The standard InChI is InChI=1S/C32H34N4O2/c1-38-24-11-14-29-26(18-24)32(31(37)33-29)19-27(32)23-10-12-25-28(34-35-30(25)17-23)13-9-21-5-7-22(8-6-21)20-36-15-3-2-4-16-36/h5-14,17-18,26-27,29H,2-4,15-16,19-20H2,1H3,(H,33,37)(H,34,35)/b13-9+/t26?,27-,29?,32-/m0/s1. The van der Waals surface area contributed by atoms with E-state index in [9.17, 15) is 4.79 Å². The predicted molar refractivity (Wildman–Crippen MR) is 150 cm³/mol. The van der Waals surface area contributed by atoms with E-state index in [0.29, 0.717) is 0 Å². The number of rotatable bonds is 6. The van der Waals surface area contributed by atoms with Gasteiger partial charge in [0.2, 0.25) is 5.91 Å². The maximum atomic E-state index is 13.1. The molecule has 2 aromatic carbocycles.